The first kappa shape index (κ1) is 11.0. The normalized spacial score (nSPS) is 11.3. The van der Waals surface area contributed by atoms with Gasteiger partial charge in [-0.2, -0.15) is 11.3 Å². The van der Waals surface area contributed by atoms with Crippen molar-refractivity contribution in [1.82, 2.24) is 0 Å². The van der Waals surface area contributed by atoms with Gasteiger partial charge in [-0.25, -0.2) is 0 Å². The van der Waals surface area contributed by atoms with Gasteiger partial charge in [-0.05, 0) is 23.2 Å². The fourth-order valence-corrected chi connectivity index (χ4v) is 1.44. The Kier molecular flexibility index (Phi) is 4.97. The maximum absolute atomic E-state index is 5.61. The average molecular weight is 205 g/mol. The van der Waals surface area contributed by atoms with Crippen LogP contribution >= 0.6 is 11.3 Å². The Hall–Kier alpha value is -1.12. The molecule has 0 aliphatic heterocycles. The van der Waals surface area contributed by atoms with E-state index in [1.165, 1.54) is 5.56 Å². The highest BCUT2D eigenvalue weighted by atomic mass is 32.1. The lowest BCUT2D eigenvalue weighted by atomic mass is 10.1. The van der Waals surface area contributed by atoms with Crippen LogP contribution in [0.25, 0.3) is 0 Å². The lowest BCUT2D eigenvalue weighted by Crippen LogP contribution is -2.03. The van der Waals surface area contributed by atoms with Crippen molar-refractivity contribution in [2.45, 2.75) is 13.0 Å². The van der Waals surface area contributed by atoms with Crippen molar-refractivity contribution in [3.05, 3.63) is 58.8 Å². The molecule has 1 heterocycles. The third-order valence-electron chi connectivity index (χ3n) is 1.75. The van der Waals surface area contributed by atoms with Crippen molar-refractivity contribution >= 4 is 11.3 Å². The van der Waals surface area contributed by atoms with Gasteiger partial charge in [-0.15, -0.1) is 0 Å². The van der Waals surface area contributed by atoms with Gasteiger partial charge in [0.1, 0.15) is 0 Å². The van der Waals surface area contributed by atoms with Gasteiger partial charge < -0.3 is 5.73 Å². The highest BCUT2D eigenvalue weighted by Gasteiger charge is 1.93. The Morgan fingerprint density at radius 1 is 1.00 bits per heavy atom. The average Bonchev–Trinajstić information content (AvgIpc) is 2.77. The Morgan fingerprint density at radius 3 is 1.86 bits per heavy atom. The maximum atomic E-state index is 5.61. The van der Waals surface area contributed by atoms with Crippen molar-refractivity contribution in [3.63, 3.8) is 0 Å². The van der Waals surface area contributed by atoms with Crippen LogP contribution in [0.4, 0.5) is 0 Å². The smallest absolute Gasteiger partial charge is 0.0266 e. The van der Waals surface area contributed by atoms with Gasteiger partial charge in [-0.3, -0.25) is 0 Å². The molecule has 1 aromatic heterocycles. The predicted molar refractivity (Wildman–Crippen MR) is 63.4 cm³/mol. The second-order valence-electron chi connectivity index (χ2n) is 2.99. The maximum Gasteiger partial charge on any atom is 0.0266 e. The zero-order chi connectivity index (χ0) is 10.2. The molecule has 1 atom stereocenters. The summed E-state index contributed by atoms with van der Waals surface area (Å²) in [4.78, 5) is 0. The van der Waals surface area contributed by atoms with Crippen molar-refractivity contribution in [2.24, 2.45) is 5.73 Å². The monoisotopic (exact) mass is 205 g/mol. The molecule has 1 aromatic carbocycles. The predicted octanol–water partition coefficient (Wildman–Crippen LogP) is 3.45. The highest BCUT2D eigenvalue weighted by molar-refractivity contribution is 7.07. The second-order valence-corrected chi connectivity index (χ2v) is 3.81. The summed E-state index contributed by atoms with van der Waals surface area (Å²) in [5.74, 6) is 0. The van der Waals surface area contributed by atoms with Crippen molar-refractivity contribution in [3.8, 4) is 0 Å². The fraction of sp³-hybridized carbons (Fsp3) is 0.167. The van der Waals surface area contributed by atoms with Crippen LogP contribution in [0.1, 0.15) is 18.5 Å². The van der Waals surface area contributed by atoms with E-state index >= 15 is 0 Å². The van der Waals surface area contributed by atoms with Crippen molar-refractivity contribution in [1.29, 1.82) is 0 Å². The van der Waals surface area contributed by atoms with E-state index in [1.54, 1.807) is 11.3 Å². The summed E-state index contributed by atoms with van der Waals surface area (Å²) in [5, 5.41) is 4.08. The SMILES string of the molecule is CC(N)c1ccccc1.c1ccsc1. The van der Waals surface area contributed by atoms with Gasteiger partial charge in [0.05, 0.1) is 0 Å². The first-order chi connectivity index (χ1) is 6.80. The van der Waals surface area contributed by atoms with Gasteiger partial charge in [0, 0.05) is 6.04 Å². The first-order valence-corrected chi connectivity index (χ1v) is 5.52. The molecule has 1 nitrogen and oxygen atoms in total. The summed E-state index contributed by atoms with van der Waals surface area (Å²) < 4.78 is 0. The van der Waals surface area contributed by atoms with Crippen LogP contribution in [0.2, 0.25) is 0 Å². The molecule has 0 radical (unpaired) electrons. The second kappa shape index (κ2) is 6.35. The van der Waals surface area contributed by atoms with Crippen LogP contribution in [-0.2, 0) is 0 Å². The molecule has 2 heteroatoms. The Balaban J connectivity index is 0.000000165. The van der Waals surface area contributed by atoms with E-state index in [1.807, 2.05) is 60.1 Å². The molecule has 0 saturated heterocycles. The van der Waals surface area contributed by atoms with E-state index in [0.717, 1.165) is 0 Å². The van der Waals surface area contributed by atoms with Gasteiger partial charge in [-0.1, -0.05) is 42.5 Å². The lowest BCUT2D eigenvalue weighted by Gasteiger charge is -2.02. The number of thiophene rings is 1. The minimum atomic E-state index is 0.159. The molecule has 14 heavy (non-hydrogen) atoms. The number of hydrogen-bond acceptors (Lipinski definition) is 2. The Bertz CT molecular complexity index is 296. The summed E-state index contributed by atoms with van der Waals surface area (Å²) in [6, 6.07) is 14.2. The lowest BCUT2D eigenvalue weighted by molar-refractivity contribution is 0.818. The molecular formula is C12H15NS. The topological polar surface area (TPSA) is 26.0 Å². The largest absolute Gasteiger partial charge is 0.324 e. The van der Waals surface area contributed by atoms with E-state index in [4.69, 9.17) is 5.73 Å². The van der Waals surface area contributed by atoms with Crippen LogP contribution in [0, 0.1) is 0 Å². The number of rotatable bonds is 1. The van der Waals surface area contributed by atoms with E-state index < -0.39 is 0 Å². The summed E-state index contributed by atoms with van der Waals surface area (Å²) >= 11 is 1.71. The number of benzene rings is 1. The van der Waals surface area contributed by atoms with Gasteiger partial charge >= 0.3 is 0 Å². The molecule has 2 rings (SSSR count). The third kappa shape index (κ3) is 4.21. The van der Waals surface area contributed by atoms with Crippen LogP contribution in [-0.4, -0.2) is 0 Å². The fourth-order valence-electron chi connectivity index (χ4n) is 0.983. The highest BCUT2D eigenvalue weighted by Crippen LogP contribution is 2.06. The van der Waals surface area contributed by atoms with Crippen LogP contribution in [0.3, 0.4) is 0 Å². The van der Waals surface area contributed by atoms with Gasteiger partial charge in [0.25, 0.3) is 0 Å². The number of nitrogens with two attached hydrogens (primary N) is 1. The molecule has 2 aromatic rings. The first-order valence-electron chi connectivity index (χ1n) is 4.58. The molecule has 0 saturated carbocycles. The van der Waals surface area contributed by atoms with Crippen molar-refractivity contribution in [2.75, 3.05) is 0 Å². The van der Waals surface area contributed by atoms with Crippen LogP contribution in [0.5, 0.6) is 0 Å². The van der Waals surface area contributed by atoms with E-state index in [-0.39, 0.29) is 6.04 Å². The molecule has 0 bridgehead atoms. The molecule has 0 aliphatic rings. The minimum absolute atomic E-state index is 0.159. The van der Waals surface area contributed by atoms with E-state index in [2.05, 4.69) is 0 Å². The number of hydrogen-bond donors (Lipinski definition) is 1. The minimum Gasteiger partial charge on any atom is -0.324 e. The van der Waals surface area contributed by atoms with Crippen LogP contribution < -0.4 is 5.73 Å². The zero-order valence-electron chi connectivity index (χ0n) is 8.26. The Morgan fingerprint density at radius 2 is 1.57 bits per heavy atom. The standard InChI is InChI=1S/C8H11N.C4H4S/c1-7(9)8-5-3-2-4-6-8;1-2-4-5-3-1/h2-7H,9H2,1H3;1-4H. The Labute approximate surface area is 89.2 Å². The van der Waals surface area contributed by atoms with Crippen LogP contribution in [0.15, 0.2) is 53.2 Å². The van der Waals surface area contributed by atoms with E-state index in [9.17, 15) is 0 Å². The summed E-state index contributed by atoms with van der Waals surface area (Å²) in [7, 11) is 0. The molecular weight excluding hydrogens is 190 g/mol. The summed E-state index contributed by atoms with van der Waals surface area (Å²) in [6.45, 7) is 1.98. The molecule has 2 N–H and O–H groups in total. The molecule has 74 valence electrons. The molecule has 0 amide bonds. The van der Waals surface area contributed by atoms with Gasteiger partial charge in [0.15, 0.2) is 0 Å². The quantitative estimate of drug-likeness (QED) is 0.758. The van der Waals surface area contributed by atoms with Crippen molar-refractivity contribution < 1.29 is 0 Å². The van der Waals surface area contributed by atoms with Gasteiger partial charge in [0.2, 0.25) is 0 Å². The zero-order valence-corrected chi connectivity index (χ0v) is 9.08. The van der Waals surface area contributed by atoms with E-state index in [0.29, 0.717) is 0 Å². The molecule has 0 aliphatic carbocycles. The molecule has 0 fully saturated rings. The third-order valence-corrected chi connectivity index (χ3v) is 2.38. The molecule has 1 unspecified atom stereocenters. The molecule has 0 spiro atoms. The summed E-state index contributed by atoms with van der Waals surface area (Å²) in [6.07, 6.45) is 0. The summed E-state index contributed by atoms with van der Waals surface area (Å²) in [5.41, 5.74) is 6.81.